The van der Waals surface area contributed by atoms with Crippen LogP contribution in [0.4, 0.5) is 0 Å². The number of ether oxygens (including phenoxy) is 2. The number of carboxylic acids is 1. The lowest BCUT2D eigenvalue weighted by atomic mass is 9.76. The number of likely N-dealkylation sites (N-methyl/N-ethyl adjacent to an activating group) is 2. The Morgan fingerprint density at radius 1 is 0.454 bits per heavy atom. The molecular weight excluding hydrogens is 1800 g/mol. The van der Waals surface area contributed by atoms with Crippen molar-refractivity contribution in [3.63, 3.8) is 0 Å². The number of aryl methyl sites for hydroxylation is 3. The van der Waals surface area contributed by atoms with E-state index in [9.17, 15) is 48.6 Å². The average Bonchev–Trinajstić information content (AvgIpc) is 1.76. The van der Waals surface area contributed by atoms with E-state index in [4.69, 9.17) is 14.6 Å². The first-order valence-corrected chi connectivity index (χ1v) is 52.7. The van der Waals surface area contributed by atoms with Crippen molar-refractivity contribution < 1.29 is 63.1 Å². The van der Waals surface area contributed by atoms with Crippen molar-refractivity contribution in [1.29, 1.82) is 0 Å². The number of unbranched alkanes of at least 4 members (excludes halogenated alkanes) is 12. The quantitative estimate of drug-likeness (QED) is 0.0175. The minimum atomic E-state index is -0.806. The fourth-order valence-electron chi connectivity index (χ4n) is 18.6. The van der Waals surface area contributed by atoms with Gasteiger partial charge in [-0.05, 0) is 179 Å². The first-order chi connectivity index (χ1) is 67.9. The van der Waals surface area contributed by atoms with Crippen LogP contribution in [0.25, 0.3) is 43.2 Å². The highest BCUT2D eigenvalue weighted by Gasteiger charge is 2.46. The predicted molar refractivity (Wildman–Crippen MR) is 571 cm³/mol. The first kappa shape index (κ1) is 111. The third-order valence-electron chi connectivity index (χ3n) is 26.8. The topological polar surface area (TPSA) is 275 Å². The van der Waals surface area contributed by atoms with Crippen LogP contribution in [-0.2, 0) is 51.3 Å². The zero-order valence-corrected chi connectivity index (χ0v) is 86.8. The molecule has 10 aromatic rings. The Hall–Kier alpha value is -11.7. The molecular formula is C119H151N7O13S2. The summed E-state index contributed by atoms with van der Waals surface area (Å²) in [6, 6.07) is 73.7. The van der Waals surface area contributed by atoms with Crippen molar-refractivity contribution in [3.05, 3.63) is 285 Å². The number of amides is 4. The number of aliphatic hydroxyl groups is 2. The number of nitrogens with zero attached hydrogens (tertiary/aromatic N) is 5. The molecule has 2 saturated heterocycles. The predicted octanol–water partition coefficient (Wildman–Crippen LogP) is 24.2. The molecule has 0 aliphatic carbocycles. The van der Waals surface area contributed by atoms with Gasteiger partial charge in [0, 0.05) is 103 Å². The van der Waals surface area contributed by atoms with Crippen LogP contribution in [0.1, 0.15) is 272 Å². The van der Waals surface area contributed by atoms with Gasteiger partial charge in [0.2, 0.25) is 23.6 Å². The summed E-state index contributed by atoms with van der Waals surface area (Å²) in [5.74, 6) is -0.849. The number of β-amino-alcohol motifs (C(OH)–C–C–N with tert-alkyl or cyclic N) is 2. The van der Waals surface area contributed by atoms with E-state index in [1.807, 2.05) is 153 Å². The Balaban J connectivity index is 0.000000243. The van der Waals surface area contributed by atoms with Gasteiger partial charge in [-0.3, -0.25) is 38.4 Å². The maximum Gasteiger partial charge on any atom is 0.303 e. The molecule has 4 amide bonds. The zero-order chi connectivity index (χ0) is 101. The number of carbonyl (C=O) groups excluding carboxylic acids is 7. The summed E-state index contributed by atoms with van der Waals surface area (Å²) in [6.45, 7) is 23.0. The van der Waals surface area contributed by atoms with Crippen molar-refractivity contribution >= 4 is 91.9 Å². The normalized spacial score (nSPS) is 15.4. The number of aliphatic carboxylic acids is 1. The van der Waals surface area contributed by atoms with Crippen LogP contribution < -0.4 is 20.1 Å². The van der Waals surface area contributed by atoms with Gasteiger partial charge in [0.05, 0.1) is 57.0 Å². The van der Waals surface area contributed by atoms with E-state index in [0.717, 1.165) is 163 Å². The molecule has 0 radical (unpaired) electrons. The van der Waals surface area contributed by atoms with Gasteiger partial charge in [0.25, 0.3) is 0 Å². The van der Waals surface area contributed by atoms with Gasteiger partial charge in [-0.2, -0.15) is 0 Å². The summed E-state index contributed by atoms with van der Waals surface area (Å²) in [6.07, 6.45) is 16.3. The van der Waals surface area contributed by atoms with Crippen molar-refractivity contribution in [2.75, 3.05) is 53.5 Å². The highest BCUT2D eigenvalue weighted by Crippen LogP contribution is 2.41. The maximum atomic E-state index is 14.1. The lowest BCUT2D eigenvalue weighted by Gasteiger charge is -2.34. The molecule has 12 rings (SSSR count). The van der Waals surface area contributed by atoms with E-state index in [1.54, 1.807) is 27.6 Å². The van der Waals surface area contributed by atoms with E-state index in [1.165, 1.54) is 59.9 Å². The van der Waals surface area contributed by atoms with Crippen molar-refractivity contribution in [2.45, 2.75) is 267 Å². The number of aromatic nitrogens is 2. The molecule has 5 N–H and O–H groups in total. The molecule has 2 fully saturated rings. The molecule has 0 spiro atoms. The van der Waals surface area contributed by atoms with Crippen LogP contribution >= 0.6 is 22.7 Å². The minimum absolute atomic E-state index is 0.0480. The minimum Gasteiger partial charge on any atom is -0.492 e. The van der Waals surface area contributed by atoms with Gasteiger partial charge in [-0.25, -0.2) is 9.97 Å². The number of Topliss-reactive ketones (excluding diaryl/α,β-unsaturated/α-hetero) is 3. The average molecular weight is 1950 g/mol. The molecule has 0 saturated carbocycles. The number of hydrogen-bond acceptors (Lipinski definition) is 17. The molecule has 4 heterocycles. The summed E-state index contributed by atoms with van der Waals surface area (Å²) in [5.41, 5.74) is 21.2. The highest BCUT2D eigenvalue weighted by atomic mass is 32.1. The van der Waals surface area contributed by atoms with Gasteiger partial charge < -0.3 is 50.1 Å². The Morgan fingerprint density at radius 3 is 1.21 bits per heavy atom. The van der Waals surface area contributed by atoms with Gasteiger partial charge in [-0.1, -0.05) is 314 Å². The number of rotatable bonds is 51. The van der Waals surface area contributed by atoms with Crippen LogP contribution in [0.3, 0.4) is 0 Å². The van der Waals surface area contributed by atoms with Crippen LogP contribution in [0.5, 0.6) is 11.5 Å². The Kier molecular flexibility index (Phi) is 45.3. The summed E-state index contributed by atoms with van der Waals surface area (Å²) < 4.78 is 11.9. The van der Waals surface area contributed by atoms with E-state index in [0.29, 0.717) is 58.4 Å². The molecule has 20 nitrogen and oxygen atoms in total. The lowest BCUT2D eigenvalue weighted by molar-refractivity contribution is -0.146. The van der Waals surface area contributed by atoms with Gasteiger partial charge in [0.15, 0.2) is 5.78 Å². The number of benzene rings is 8. The number of carboxylic acid groups (broad SMARTS) is 1. The van der Waals surface area contributed by atoms with Crippen LogP contribution in [0, 0.1) is 36.5 Å². The molecule has 141 heavy (non-hydrogen) atoms. The number of ketones is 3. The highest BCUT2D eigenvalue weighted by molar-refractivity contribution is 7.13. The standard InChI is InChI=1S/C59H74N4O6S.C35H50N2O6S.C25H27NO/c1-7-51(44-21-15-13-16-22-44)55(45-23-17-14-18-24-45)46-31-33-50(34-32-46)69-36-35-62(6)54(66)26-20-12-10-8-9-11-19-25-48(64)37-52(59(3,4)5)58(68)63-40-49(65)38-53(63)57(67)60-39-43-27-29-47(30-28-43)56-42(2)61-41-70-56;1-24-33(44-23-36-24)26-17-14-25(15-18-26)16-19-31(40)30-21-28(39)22-37(30)34(43)29(35(2,3)4)20-27(38)12-10-8-6-5-7-9-11-13-32(41)42;1-3-24(20-10-6-4-7-11-20)25(21-12-8-5-9-13-21)22-14-16-23(17-15-22)27-19-18-26-2/h13-18,21-24,27-34,41,49,52-53,65H,7-12,19-20,25-26,35-40H2,1-6H3,(H,60,67);14-15,17-18,23,28-30,39H,5-13,16,19-22H2,1-4H3,(H,41,42);4-17,26H,3,18-19H2,1-2H3/b55-51-;;25-24-/t49-,52-,53+;28-,29-,30+;/m11./s1. The number of thiazole rings is 2. The third kappa shape index (κ3) is 35.2. The van der Waals surface area contributed by atoms with E-state index in [2.05, 4.69) is 180 Å². The summed E-state index contributed by atoms with van der Waals surface area (Å²) in [5, 5.41) is 35.9. The fraction of sp³-hybridized carbons (Fsp3) is 0.445. The smallest absolute Gasteiger partial charge is 0.303 e. The van der Waals surface area contributed by atoms with Crippen molar-refractivity contribution in [3.8, 4) is 32.4 Å². The van der Waals surface area contributed by atoms with E-state index >= 15 is 0 Å². The van der Waals surface area contributed by atoms with Crippen molar-refractivity contribution in [1.82, 2.24) is 35.3 Å². The summed E-state index contributed by atoms with van der Waals surface area (Å²) >= 11 is 3.19. The fourth-order valence-corrected chi connectivity index (χ4v) is 20.2. The largest absolute Gasteiger partial charge is 0.492 e. The molecule has 2 aliphatic rings. The van der Waals surface area contributed by atoms with Crippen LogP contribution in [-0.4, -0.2) is 165 Å². The lowest BCUT2D eigenvalue weighted by Crippen LogP contribution is -2.50. The second kappa shape index (κ2) is 57.4. The monoisotopic (exact) mass is 1950 g/mol. The molecule has 6 atom stereocenters. The second-order valence-corrected chi connectivity index (χ2v) is 41.3. The number of likely N-dealkylation sites (tertiary alicyclic amines) is 2. The third-order valence-corrected chi connectivity index (χ3v) is 28.8. The number of aliphatic hydroxyl groups excluding tert-OH is 2. The van der Waals surface area contributed by atoms with Gasteiger partial charge in [0.1, 0.15) is 42.3 Å². The summed E-state index contributed by atoms with van der Waals surface area (Å²) in [4.78, 5) is 120. The number of hydrogen-bond donors (Lipinski definition) is 5. The molecule has 2 aliphatic heterocycles. The number of nitrogens with one attached hydrogen (secondary N) is 2. The molecule has 0 bridgehead atoms. The maximum absolute atomic E-state index is 14.1. The molecule has 22 heteroatoms. The molecule has 2 aromatic heterocycles. The van der Waals surface area contributed by atoms with Crippen molar-refractivity contribution in [2.24, 2.45) is 22.7 Å². The summed E-state index contributed by atoms with van der Waals surface area (Å²) in [7, 11) is 3.77. The molecule has 0 unspecified atom stereocenters. The Bertz CT molecular complexity index is 5620. The second-order valence-electron chi connectivity index (χ2n) is 39.6. The van der Waals surface area contributed by atoms with Crippen LogP contribution in [0.15, 0.2) is 229 Å². The van der Waals surface area contributed by atoms with Gasteiger partial charge >= 0.3 is 5.97 Å². The number of allylic oxidation sites excluding steroid dienone is 2. The van der Waals surface area contributed by atoms with E-state index < -0.39 is 52.9 Å². The molecule has 8 aromatic carbocycles. The Labute approximate surface area is 845 Å². The van der Waals surface area contributed by atoms with Gasteiger partial charge in [-0.15, -0.1) is 22.7 Å². The first-order valence-electron chi connectivity index (χ1n) is 51.0. The SMILES string of the molecule is CC/C(=C(\c1ccccc1)c1ccc(OCCN(C)C(=O)CCCCCCCCCC(=O)C[C@H](C(=O)N2C[C@H](O)C[C@H]2C(=O)NCc2ccc(-c3scnc3C)cc2)C(C)(C)C)cc1)c1ccccc1.CC/C(=C(\c1ccccc1)c1ccc(OCCNC)cc1)c1ccccc1.Cc1ncsc1-c1ccc(CCC(=O)[C@@H]2C[C@@H](O)CN2C(=O)[C@@H](CC(=O)CCCCCCCCCC(=O)O)C(C)(C)C)cc1. The van der Waals surface area contributed by atoms with E-state index in [-0.39, 0.29) is 92.6 Å². The number of carbonyl (C=O) groups is 8. The Morgan fingerprint density at radius 2 is 0.823 bits per heavy atom. The molecule has 752 valence electrons. The zero-order valence-electron chi connectivity index (χ0n) is 85.2. The van der Waals surface area contributed by atoms with Crippen LogP contribution in [0.2, 0.25) is 0 Å².